The van der Waals surface area contributed by atoms with Crippen LogP contribution >= 0.6 is 0 Å². The van der Waals surface area contributed by atoms with Crippen molar-refractivity contribution in [2.24, 2.45) is 16.1 Å². The molecule has 0 atom stereocenters. The monoisotopic (exact) mass is 225 g/mol. The van der Waals surface area contributed by atoms with Crippen molar-refractivity contribution < 1.29 is 0 Å². The summed E-state index contributed by atoms with van der Waals surface area (Å²) in [5.74, 6) is 0.633. The second kappa shape index (κ2) is 6.77. The molecule has 0 aromatic heterocycles. The van der Waals surface area contributed by atoms with E-state index in [9.17, 15) is 0 Å². The van der Waals surface area contributed by atoms with Gasteiger partial charge in [0.15, 0.2) is 5.96 Å². The van der Waals surface area contributed by atoms with Crippen LogP contribution in [0.3, 0.4) is 0 Å². The molecule has 0 aromatic carbocycles. The molecule has 1 fully saturated rings. The molecular formula is C13H27N3. The van der Waals surface area contributed by atoms with Crippen LogP contribution in [0.1, 0.15) is 58.8 Å². The molecule has 0 saturated heterocycles. The van der Waals surface area contributed by atoms with E-state index in [1.54, 1.807) is 0 Å². The first kappa shape index (κ1) is 13.3. The number of hydrogen-bond donors (Lipinski definition) is 2. The molecule has 0 spiro atoms. The molecule has 0 bridgehead atoms. The molecule has 0 amide bonds. The lowest BCUT2D eigenvalue weighted by atomic mass is 9.84. The van der Waals surface area contributed by atoms with Crippen LogP contribution in [0.25, 0.3) is 0 Å². The molecule has 0 aliphatic heterocycles. The molecule has 0 unspecified atom stereocenters. The lowest BCUT2D eigenvalue weighted by Gasteiger charge is -2.25. The summed E-state index contributed by atoms with van der Waals surface area (Å²) in [7, 11) is 0. The van der Waals surface area contributed by atoms with Crippen LogP contribution in [0.5, 0.6) is 0 Å². The predicted octanol–water partition coefficient (Wildman–Crippen LogP) is 2.66. The zero-order valence-corrected chi connectivity index (χ0v) is 10.9. The molecule has 3 N–H and O–H groups in total. The van der Waals surface area contributed by atoms with E-state index >= 15 is 0 Å². The second-order valence-corrected chi connectivity index (χ2v) is 5.04. The minimum absolute atomic E-state index is 0.455. The van der Waals surface area contributed by atoms with Gasteiger partial charge in [0, 0.05) is 13.1 Å². The largest absolute Gasteiger partial charge is 0.370 e. The minimum atomic E-state index is 0.455. The van der Waals surface area contributed by atoms with Gasteiger partial charge in [0.05, 0.1) is 0 Å². The van der Waals surface area contributed by atoms with Crippen LogP contribution in [0, 0.1) is 5.41 Å². The highest BCUT2D eigenvalue weighted by atomic mass is 15.1. The number of nitrogens with two attached hydrogens (primary N) is 1. The summed E-state index contributed by atoms with van der Waals surface area (Å²) in [6.45, 7) is 6.32. The average molecular weight is 225 g/mol. The van der Waals surface area contributed by atoms with Crippen molar-refractivity contribution in [1.29, 1.82) is 0 Å². The fraction of sp³-hybridized carbons (Fsp3) is 0.923. The Labute approximate surface area is 99.9 Å². The Hall–Kier alpha value is -0.730. The van der Waals surface area contributed by atoms with Crippen molar-refractivity contribution in [3.63, 3.8) is 0 Å². The van der Waals surface area contributed by atoms with Gasteiger partial charge in [-0.05, 0) is 31.1 Å². The first-order valence-electron chi connectivity index (χ1n) is 6.76. The molecule has 1 aliphatic carbocycles. The lowest BCUT2D eigenvalue weighted by molar-refractivity contribution is 0.297. The van der Waals surface area contributed by atoms with E-state index in [0.29, 0.717) is 11.4 Å². The van der Waals surface area contributed by atoms with Gasteiger partial charge in [-0.25, -0.2) is 0 Å². The number of nitrogens with one attached hydrogen (secondary N) is 1. The number of unbranched alkanes of at least 4 members (excludes halogenated alkanes) is 1. The fourth-order valence-electron chi connectivity index (χ4n) is 2.45. The number of aliphatic imine (C=N–C) groups is 1. The summed E-state index contributed by atoms with van der Waals surface area (Å²) < 4.78 is 0. The summed E-state index contributed by atoms with van der Waals surface area (Å²) in [6.07, 6.45) is 8.98. The normalized spacial score (nSPS) is 20.0. The zero-order chi connectivity index (χ0) is 11.9. The third-order valence-corrected chi connectivity index (χ3v) is 3.84. The molecule has 1 saturated carbocycles. The molecule has 0 aromatic rings. The van der Waals surface area contributed by atoms with Crippen LogP contribution in [0.4, 0.5) is 0 Å². The predicted molar refractivity (Wildman–Crippen MR) is 70.6 cm³/mol. The molecule has 0 radical (unpaired) electrons. The van der Waals surface area contributed by atoms with Crippen LogP contribution in [-0.2, 0) is 0 Å². The number of guanidine groups is 1. The van der Waals surface area contributed by atoms with Crippen molar-refractivity contribution in [3.8, 4) is 0 Å². The number of nitrogens with zero attached hydrogens (tertiary/aromatic N) is 1. The highest BCUT2D eigenvalue weighted by Crippen LogP contribution is 2.40. The first-order chi connectivity index (χ1) is 7.72. The maximum atomic E-state index is 5.85. The molecule has 1 aliphatic rings. The van der Waals surface area contributed by atoms with Crippen LogP contribution in [0.15, 0.2) is 4.99 Å². The van der Waals surface area contributed by atoms with Gasteiger partial charge in [-0.15, -0.1) is 0 Å². The van der Waals surface area contributed by atoms with Crippen molar-refractivity contribution in [2.45, 2.75) is 58.8 Å². The van der Waals surface area contributed by atoms with Crippen LogP contribution in [0.2, 0.25) is 0 Å². The van der Waals surface area contributed by atoms with Gasteiger partial charge in [-0.1, -0.05) is 33.1 Å². The van der Waals surface area contributed by atoms with E-state index in [2.05, 4.69) is 24.2 Å². The molecule has 16 heavy (non-hydrogen) atoms. The first-order valence-corrected chi connectivity index (χ1v) is 6.76. The van der Waals surface area contributed by atoms with Crippen molar-refractivity contribution in [3.05, 3.63) is 0 Å². The second-order valence-electron chi connectivity index (χ2n) is 5.04. The summed E-state index contributed by atoms with van der Waals surface area (Å²) in [5.41, 5.74) is 6.30. The van der Waals surface area contributed by atoms with Gasteiger partial charge < -0.3 is 11.1 Å². The van der Waals surface area contributed by atoms with Gasteiger partial charge in [-0.3, -0.25) is 4.99 Å². The standard InChI is InChI=1S/C13H27N3/c1-3-5-10-15-12(14)16-11-13(4-2)8-6-7-9-13/h3-11H2,1-2H3,(H3,14,15,16). The molecule has 3 heteroatoms. The van der Waals surface area contributed by atoms with Gasteiger partial charge in [0.2, 0.25) is 0 Å². The highest BCUT2D eigenvalue weighted by Gasteiger charge is 2.31. The fourth-order valence-corrected chi connectivity index (χ4v) is 2.45. The van der Waals surface area contributed by atoms with Crippen LogP contribution < -0.4 is 11.1 Å². The van der Waals surface area contributed by atoms with E-state index in [1.165, 1.54) is 38.5 Å². The summed E-state index contributed by atoms with van der Waals surface area (Å²) in [6, 6.07) is 0. The number of rotatable bonds is 6. The van der Waals surface area contributed by atoms with Gasteiger partial charge in [0.25, 0.3) is 0 Å². The van der Waals surface area contributed by atoms with E-state index in [4.69, 9.17) is 5.73 Å². The van der Waals surface area contributed by atoms with E-state index in [1.807, 2.05) is 0 Å². The Balaban J connectivity index is 2.32. The highest BCUT2D eigenvalue weighted by molar-refractivity contribution is 5.77. The van der Waals surface area contributed by atoms with Crippen molar-refractivity contribution >= 4 is 5.96 Å². The number of hydrogen-bond acceptors (Lipinski definition) is 1. The molecule has 0 heterocycles. The van der Waals surface area contributed by atoms with Gasteiger partial charge >= 0.3 is 0 Å². The lowest BCUT2D eigenvalue weighted by Crippen LogP contribution is -2.34. The summed E-state index contributed by atoms with van der Waals surface area (Å²) in [5, 5.41) is 3.18. The Morgan fingerprint density at radius 2 is 2.00 bits per heavy atom. The molecule has 1 rings (SSSR count). The average Bonchev–Trinajstić information content (AvgIpc) is 2.76. The summed E-state index contributed by atoms with van der Waals surface area (Å²) >= 11 is 0. The quantitative estimate of drug-likeness (QED) is 0.415. The maximum absolute atomic E-state index is 5.85. The Morgan fingerprint density at radius 3 is 2.56 bits per heavy atom. The van der Waals surface area contributed by atoms with Gasteiger partial charge in [-0.2, -0.15) is 0 Å². The minimum Gasteiger partial charge on any atom is -0.370 e. The van der Waals surface area contributed by atoms with E-state index in [0.717, 1.165) is 19.5 Å². The van der Waals surface area contributed by atoms with Crippen LogP contribution in [-0.4, -0.2) is 19.0 Å². The van der Waals surface area contributed by atoms with E-state index < -0.39 is 0 Å². The Kier molecular flexibility index (Phi) is 5.64. The SMILES string of the molecule is CCCCNC(N)=NCC1(CC)CCCC1. The van der Waals surface area contributed by atoms with Gasteiger partial charge in [0.1, 0.15) is 0 Å². The maximum Gasteiger partial charge on any atom is 0.188 e. The molecule has 94 valence electrons. The topological polar surface area (TPSA) is 50.4 Å². The smallest absolute Gasteiger partial charge is 0.188 e. The third kappa shape index (κ3) is 4.03. The Bertz CT molecular complexity index is 217. The van der Waals surface area contributed by atoms with Crippen molar-refractivity contribution in [1.82, 2.24) is 5.32 Å². The molecular weight excluding hydrogens is 198 g/mol. The van der Waals surface area contributed by atoms with Crippen molar-refractivity contribution in [2.75, 3.05) is 13.1 Å². The zero-order valence-electron chi connectivity index (χ0n) is 10.9. The Morgan fingerprint density at radius 1 is 1.31 bits per heavy atom. The third-order valence-electron chi connectivity index (χ3n) is 3.84. The van der Waals surface area contributed by atoms with E-state index in [-0.39, 0.29) is 0 Å². The molecule has 3 nitrogen and oxygen atoms in total. The summed E-state index contributed by atoms with van der Waals surface area (Å²) in [4.78, 5) is 4.50.